The van der Waals surface area contributed by atoms with E-state index in [4.69, 9.17) is 5.11 Å². The van der Waals surface area contributed by atoms with Gasteiger partial charge in [-0.1, -0.05) is 30.3 Å². The van der Waals surface area contributed by atoms with E-state index in [0.29, 0.717) is 12.2 Å². The minimum absolute atomic E-state index is 0.116. The zero-order chi connectivity index (χ0) is 14.9. The molecule has 112 valence electrons. The molecule has 1 aromatic heterocycles. The first-order valence-electron chi connectivity index (χ1n) is 7.17. The molecule has 0 spiro atoms. The van der Waals surface area contributed by atoms with Crippen molar-refractivity contribution < 1.29 is 9.90 Å². The zero-order valence-electron chi connectivity index (χ0n) is 11.9. The molecule has 4 nitrogen and oxygen atoms in total. The van der Waals surface area contributed by atoms with Gasteiger partial charge in [0.1, 0.15) is 5.69 Å². The molecular formula is C16H20N2O2S. The third kappa shape index (κ3) is 5.28. The highest BCUT2D eigenvalue weighted by molar-refractivity contribution is 7.09. The lowest BCUT2D eigenvalue weighted by molar-refractivity contribution is 0.0948. The van der Waals surface area contributed by atoms with Crippen molar-refractivity contribution in [3.63, 3.8) is 0 Å². The lowest BCUT2D eigenvalue weighted by atomic mass is 10.2. The number of benzene rings is 1. The second kappa shape index (κ2) is 8.54. The van der Waals surface area contributed by atoms with Gasteiger partial charge in [-0.2, -0.15) is 0 Å². The van der Waals surface area contributed by atoms with E-state index in [0.717, 1.165) is 30.7 Å². The Balaban J connectivity index is 1.80. The summed E-state index contributed by atoms with van der Waals surface area (Å²) in [4.78, 5) is 16.3. The number of amides is 1. The van der Waals surface area contributed by atoms with Crippen LogP contribution in [0.25, 0.3) is 0 Å². The lowest BCUT2D eigenvalue weighted by Gasteiger charge is -2.02. The van der Waals surface area contributed by atoms with Crippen molar-refractivity contribution in [3.05, 3.63) is 52.0 Å². The fourth-order valence-corrected chi connectivity index (χ4v) is 2.78. The molecule has 0 fully saturated rings. The molecule has 2 aromatic rings. The van der Waals surface area contributed by atoms with Gasteiger partial charge in [0.25, 0.3) is 5.91 Å². The maximum atomic E-state index is 11.9. The van der Waals surface area contributed by atoms with Crippen LogP contribution in [0.5, 0.6) is 0 Å². The fourth-order valence-electron chi connectivity index (χ4n) is 1.97. The monoisotopic (exact) mass is 304 g/mol. The maximum Gasteiger partial charge on any atom is 0.270 e. The summed E-state index contributed by atoms with van der Waals surface area (Å²) in [7, 11) is 0. The summed E-state index contributed by atoms with van der Waals surface area (Å²) in [6.07, 6.45) is 3.35. The number of aromatic nitrogens is 1. The van der Waals surface area contributed by atoms with E-state index in [2.05, 4.69) is 22.4 Å². The molecule has 21 heavy (non-hydrogen) atoms. The van der Waals surface area contributed by atoms with Crippen molar-refractivity contribution in [2.75, 3.05) is 13.2 Å². The fraction of sp³-hybridized carbons (Fsp3) is 0.375. The molecule has 0 unspecified atom stereocenters. The molecule has 5 heteroatoms. The van der Waals surface area contributed by atoms with Crippen molar-refractivity contribution >= 4 is 17.2 Å². The predicted octanol–water partition coefficient (Wildman–Crippen LogP) is 2.63. The number of carbonyl (C=O) groups excluding carboxylic acids is 1. The molecule has 2 N–H and O–H groups in total. The normalized spacial score (nSPS) is 10.5. The molecule has 0 saturated heterocycles. The van der Waals surface area contributed by atoms with E-state index in [1.165, 1.54) is 16.9 Å². The van der Waals surface area contributed by atoms with Crippen LogP contribution in [0.1, 0.15) is 40.3 Å². The van der Waals surface area contributed by atoms with Gasteiger partial charge in [-0.3, -0.25) is 4.79 Å². The van der Waals surface area contributed by atoms with Gasteiger partial charge in [0, 0.05) is 25.0 Å². The van der Waals surface area contributed by atoms with E-state index in [-0.39, 0.29) is 12.5 Å². The zero-order valence-corrected chi connectivity index (χ0v) is 12.7. The number of unbranched alkanes of at least 4 members (excludes halogenated alkanes) is 2. The number of rotatable bonds is 8. The Kier molecular flexibility index (Phi) is 6.37. The van der Waals surface area contributed by atoms with E-state index in [9.17, 15) is 4.79 Å². The SMILES string of the molecule is O=C(NCCCCCO)c1csc(Cc2ccccc2)n1. The number of aliphatic hydroxyl groups excluding tert-OH is 1. The molecule has 2 rings (SSSR count). The van der Waals surface area contributed by atoms with Crippen LogP contribution < -0.4 is 5.32 Å². The van der Waals surface area contributed by atoms with Gasteiger partial charge in [-0.15, -0.1) is 11.3 Å². The Morgan fingerprint density at radius 1 is 1.19 bits per heavy atom. The van der Waals surface area contributed by atoms with E-state index in [1.54, 1.807) is 5.38 Å². The third-order valence-electron chi connectivity index (χ3n) is 3.10. The van der Waals surface area contributed by atoms with E-state index in [1.807, 2.05) is 18.2 Å². The summed E-state index contributed by atoms with van der Waals surface area (Å²) in [5.74, 6) is -0.116. The highest BCUT2D eigenvalue weighted by Crippen LogP contribution is 2.14. The quantitative estimate of drug-likeness (QED) is 0.737. The number of nitrogens with one attached hydrogen (secondary N) is 1. The van der Waals surface area contributed by atoms with E-state index < -0.39 is 0 Å². The summed E-state index contributed by atoms with van der Waals surface area (Å²) in [5, 5.41) is 14.3. The van der Waals surface area contributed by atoms with Crippen LogP contribution in [0.4, 0.5) is 0 Å². The Bertz CT molecular complexity index is 554. The lowest BCUT2D eigenvalue weighted by Crippen LogP contribution is -2.24. The molecule has 0 aliphatic carbocycles. The van der Waals surface area contributed by atoms with Crippen molar-refractivity contribution in [2.24, 2.45) is 0 Å². The van der Waals surface area contributed by atoms with Gasteiger partial charge < -0.3 is 10.4 Å². The average molecular weight is 304 g/mol. The van der Waals surface area contributed by atoms with E-state index >= 15 is 0 Å². The van der Waals surface area contributed by atoms with Crippen LogP contribution in [-0.4, -0.2) is 29.1 Å². The van der Waals surface area contributed by atoms with Gasteiger partial charge in [0.15, 0.2) is 0 Å². The number of thiazole rings is 1. The van der Waals surface area contributed by atoms with Gasteiger partial charge >= 0.3 is 0 Å². The number of hydrogen-bond donors (Lipinski definition) is 2. The Morgan fingerprint density at radius 3 is 2.76 bits per heavy atom. The molecule has 1 amide bonds. The molecule has 0 saturated carbocycles. The maximum absolute atomic E-state index is 11.9. The first kappa shape index (κ1) is 15.7. The minimum atomic E-state index is -0.116. The number of hydrogen-bond acceptors (Lipinski definition) is 4. The van der Waals surface area contributed by atoms with Gasteiger partial charge in [-0.05, 0) is 24.8 Å². The number of aliphatic hydroxyl groups is 1. The topological polar surface area (TPSA) is 62.2 Å². The number of nitrogens with zero attached hydrogens (tertiary/aromatic N) is 1. The summed E-state index contributed by atoms with van der Waals surface area (Å²) >= 11 is 1.52. The first-order valence-corrected chi connectivity index (χ1v) is 8.05. The van der Waals surface area contributed by atoms with Crippen LogP contribution >= 0.6 is 11.3 Å². The molecule has 0 atom stereocenters. The van der Waals surface area contributed by atoms with Crippen LogP contribution in [0.2, 0.25) is 0 Å². The van der Waals surface area contributed by atoms with Crippen LogP contribution in [0, 0.1) is 0 Å². The summed E-state index contributed by atoms with van der Waals surface area (Å²) < 4.78 is 0. The smallest absolute Gasteiger partial charge is 0.270 e. The molecule has 1 heterocycles. The summed E-state index contributed by atoms with van der Waals surface area (Å²) in [5.41, 5.74) is 1.69. The predicted molar refractivity (Wildman–Crippen MR) is 84.6 cm³/mol. The molecule has 0 aliphatic heterocycles. The minimum Gasteiger partial charge on any atom is -0.396 e. The first-order chi connectivity index (χ1) is 10.3. The van der Waals surface area contributed by atoms with Crippen LogP contribution in [-0.2, 0) is 6.42 Å². The highest BCUT2D eigenvalue weighted by Gasteiger charge is 2.10. The summed E-state index contributed by atoms with van der Waals surface area (Å²) in [6, 6.07) is 10.1. The Hall–Kier alpha value is -1.72. The third-order valence-corrected chi connectivity index (χ3v) is 3.95. The average Bonchev–Trinajstić information content (AvgIpc) is 2.96. The van der Waals surface area contributed by atoms with Crippen molar-refractivity contribution in [3.8, 4) is 0 Å². The molecule has 0 aliphatic rings. The standard InChI is InChI=1S/C16H20N2O2S/c19-10-6-2-5-9-17-16(20)14-12-21-15(18-14)11-13-7-3-1-4-8-13/h1,3-4,7-8,12,19H,2,5-6,9-11H2,(H,17,20). The molecule has 0 radical (unpaired) electrons. The molecular weight excluding hydrogens is 284 g/mol. The van der Waals surface area contributed by atoms with Crippen LogP contribution in [0.15, 0.2) is 35.7 Å². The van der Waals surface area contributed by atoms with Crippen LogP contribution in [0.3, 0.4) is 0 Å². The van der Waals surface area contributed by atoms with Gasteiger partial charge in [0.05, 0.1) is 5.01 Å². The van der Waals surface area contributed by atoms with Gasteiger partial charge in [0.2, 0.25) is 0 Å². The second-order valence-corrected chi connectivity index (χ2v) is 5.77. The Labute approximate surface area is 128 Å². The largest absolute Gasteiger partial charge is 0.396 e. The summed E-state index contributed by atoms with van der Waals surface area (Å²) in [6.45, 7) is 0.841. The molecule has 0 bridgehead atoms. The van der Waals surface area contributed by atoms with Gasteiger partial charge in [-0.25, -0.2) is 4.98 Å². The van der Waals surface area contributed by atoms with Crippen molar-refractivity contribution in [1.82, 2.24) is 10.3 Å². The van der Waals surface area contributed by atoms with Crippen molar-refractivity contribution in [1.29, 1.82) is 0 Å². The molecule has 1 aromatic carbocycles. The number of carbonyl (C=O) groups is 1. The van der Waals surface area contributed by atoms with Crippen molar-refractivity contribution in [2.45, 2.75) is 25.7 Å². The second-order valence-electron chi connectivity index (χ2n) is 4.83. The highest BCUT2D eigenvalue weighted by atomic mass is 32.1. The Morgan fingerprint density at radius 2 is 2.00 bits per heavy atom.